The predicted molar refractivity (Wildman–Crippen MR) is 201 cm³/mol. The number of rotatable bonds is 4. The monoisotopic (exact) mass is 761 g/mol. The lowest BCUT2D eigenvalue weighted by Crippen LogP contribution is -2.50. The number of nitrogen functional groups attached to an aromatic ring is 1. The van der Waals surface area contributed by atoms with E-state index in [0.717, 1.165) is 50.6 Å². The molecule has 3 saturated heterocycles. The molecule has 3 aliphatic heterocycles. The van der Waals surface area contributed by atoms with Crippen LogP contribution < -0.4 is 5.73 Å². The van der Waals surface area contributed by atoms with Crippen LogP contribution in [0, 0.1) is 11.3 Å². The number of ether oxygens (including phenoxy) is 4. The normalized spacial score (nSPS) is 20.5. The van der Waals surface area contributed by atoms with Gasteiger partial charge in [0.15, 0.2) is 5.78 Å². The summed E-state index contributed by atoms with van der Waals surface area (Å²) in [5, 5.41) is 15.4. The van der Waals surface area contributed by atoms with Gasteiger partial charge in [-0.25, -0.2) is 19.2 Å². The third kappa shape index (κ3) is 15.4. The second kappa shape index (κ2) is 20.2. The van der Waals surface area contributed by atoms with Crippen molar-refractivity contribution in [2.45, 2.75) is 161 Å². The van der Waals surface area contributed by atoms with Crippen LogP contribution in [-0.2, 0) is 28.5 Å². The van der Waals surface area contributed by atoms with Crippen LogP contribution in [0.1, 0.15) is 138 Å². The first-order chi connectivity index (χ1) is 25.1. The minimum atomic E-state index is -0.572. The quantitative estimate of drug-likeness (QED) is 0.244. The maximum absolute atomic E-state index is 12.2. The molecule has 3 amide bonds. The topological polar surface area (TPSA) is 210 Å². The Bertz CT molecular complexity index is 1450. The smallest absolute Gasteiger partial charge is 0.411 e. The molecule has 4 rings (SSSR count). The summed E-state index contributed by atoms with van der Waals surface area (Å²) in [6, 6.07) is 2.62. The number of nitrogens with two attached hydrogens (primary N) is 1. The molecule has 0 aliphatic carbocycles. The number of aromatic nitrogens is 2. The molecule has 1 aromatic heterocycles. The van der Waals surface area contributed by atoms with Gasteiger partial charge in [0.25, 0.3) is 0 Å². The van der Waals surface area contributed by atoms with Gasteiger partial charge in [-0.05, 0) is 120 Å². The minimum absolute atomic E-state index is 0.0200. The first kappa shape index (κ1) is 45.6. The van der Waals surface area contributed by atoms with Gasteiger partial charge in [0, 0.05) is 25.7 Å². The van der Waals surface area contributed by atoms with Gasteiger partial charge >= 0.3 is 24.2 Å². The Morgan fingerprint density at radius 3 is 1.59 bits per heavy atom. The molecule has 3 aliphatic rings. The number of methoxy groups -OCH3 is 1. The van der Waals surface area contributed by atoms with Crippen LogP contribution in [-0.4, -0.2) is 111 Å². The molecule has 0 saturated carbocycles. The third-order valence-electron chi connectivity index (χ3n) is 8.47. The van der Waals surface area contributed by atoms with Gasteiger partial charge in [-0.15, -0.1) is 0 Å². The number of anilines is 1. The number of hydrogen-bond acceptors (Lipinski definition) is 12. The fourth-order valence-electron chi connectivity index (χ4n) is 6.17. The number of carbonyl (C=O) groups excluding carboxylic acids is 5. The molecule has 54 heavy (non-hydrogen) atoms. The Hall–Kier alpha value is -4.55. The highest BCUT2D eigenvalue weighted by Gasteiger charge is 2.36. The lowest BCUT2D eigenvalue weighted by atomic mass is 9.97. The zero-order valence-electron chi connectivity index (χ0n) is 34.0. The summed E-state index contributed by atoms with van der Waals surface area (Å²) in [5.41, 5.74) is 4.91. The van der Waals surface area contributed by atoms with Gasteiger partial charge in [0.2, 0.25) is 0 Å². The highest BCUT2D eigenvalue weighted by molar-refractivity contribution is 5.89. The largest absolute Gasteiger partial charge is 0.467 e. The highest BCUT2D eigenvalue weighted by atomic mass is 16.6. The molecule has 0 radical (unpaired) electrons. The highest BCUT2D eigenvalue weighted by Crippen LogP contribution is 2.32. The van der Waals surface area contributed by atoms with Crippen LogP contribution in [0.15, 0.2) is 6.07 Å². The standard InChI is InChI=1S/C13H22N4O2.C13H20N2O3.C12H21NO4/c1-13(2,3)19-12(18)17-7-5-4-6-10(17)9-8-11(14)16-15-9;1-13(2,3)18-12(17)15-9-5-4-6-10(15)11(16)7-8-14;1-12(2,3)17-11(15)13-8-6-5-7-9(13)10(14)16-4/h8,10H,4-7H2,1-3H3,(H3,14,15,16);10H,4-7,9H2,1-3H3;9H,5-8H2,1-4H3/t2*10-;9-/m000/s1. The van der Waals surface area contributed by atoms with Crippen molar-refractivity contribution in [2.75, 3.05) is 32.5 Å². The maximum Gasteiger partial charge on any atom is 0.411 e. The summed E-state index contributed by atoms with van der Waals surface area (Å²) in [4.78, 5) is 64.3. The van der Waals surface area contributed by atoms with Crippen LogP contribution in [0.4, 0.5) is 20.2 Å². The van der Waals surface area contributed by atoms with Crippen LogP contribution in [0.25, 0.3) is 0 Å². The fourth-order valence-corrected chi connectivity index (χ4v) is 6.17. The average molecular weight is 762 g/mol. The number of amides is 3. The van der Waals surface area contributed by atoms with Crippen molar-refractivity contribution < 1.29 is 42.9 Å². The van der Waals surface area contributed by atoms with Gasteiger partial charge in [0.1, 0.15) is 28.7 Å². The lowest BCUT2D eigenvalue weighted by Gasteiger charge is -2.36. The van der Waals surface area contributed by atoms with Crippen LogP contribution in [0.5, 0.6) is 0 Å². The van der Waals surface area contributed by atoms with Crippen molar-refractivity contribution in [2.24, 2.45) is 0 Å². The molecule has 3 N–H and O–H groups in total. The van der Waals surface area contributed by atoms with Crippen LogP contribution in [0.3, 0.4) is 0 Å². The number of aromatic amines is 1. The van der Waals surface area contributed by atoms with E-state index in [9.17, 15) is 24.0 Å². The zero-order chi connectivity index (χ0) is 40.9. The number of nitriles is 1. The molecule has 0 bridgehead atoms. The first-order valence-corrected chi connectivity index (χ1v) is 18.8. The van der Waals surface area contributed by atoms with Crippen molar-refractivity contribution in [1.29, 1.82) is 5.26 Å². The summed E-state index contributed by atoms with van der Waals surface area (Å²) in [5.74, 6) is -0.108. The SMILES string of the molecule is CC(C)(C)OC(=O)N1CCCC[C@H]1C(=O)CC#N.CC(C)(C)OC(=O)N1CCCC[C@H]1c1cc(N)n[nH]1.COC(=O)[C@@H]1CCCCN1C(=O)OC(C)(C)C. The van der Waals surface area contributed by atoms with E-state index in [-0.39, 0.29) is 30.3 Å². The fraction of sp³-hybridized carbons (Fsp3) is 0.763. The van der Waals surface area contributed by atoms with E-state index >= 15 is 0 Å². The molecule has 3 atom stereocenters. The molecule has 0 unspecified atom stereocenters. The van der Waals surface area contributed by atoms with Crippen molar-refractivity contribution in [3.05, 3.63) is 11.8 Å². The Labute approximate surface area is 320 Å². The number of hydrogen-bond donors (Lipinski definition) is 2. The van der Waals surface area contributed by atoms with Gasteiger partial charge in [0.05, 0.1) is 37.4 Å². The Morgan fingerprint density at radius 1 is 0.741 bits per heavy atom. The van der Waals surface area contributed by atoms with Crippen LogP contribution in [0.2, 0.25) is 0 Å². The molecule has 0 spiro atoms. The molecule has 304 valence electrons. The van der Waals surface area contributed by atoms with Crippen molar-refractivity contribution in [3.63, 3.8) is 0 Å². The van der Waals surface area contributed by atoms with Crippen molar-refractivity contribution >= 4 is 35.9 Å². The first-order valence-electron chi connectivity index (χ1n) is 18.8. The van der Waals surface area contributed by atoms with E-state index < -0.39 is 41.1 Å². The van der Waals surface area contributed by atoms with Gasteiger partial charge in [-0.2, -0.15) is 10.4 Å². The van der Waals surface area contributed by atoms with E-state index in [1.54, 1.807) is 31.7 Å². The van der Waals surface area contributed by atoms with Gasteiger partial charge in [-0.1, -0.05) is 0 Å². The predicted octanol–water partition coefficient (Wildman–Crippen LogP) is 6.66. The van der Waals surface area contributed by atoms with E-state index in [1.165, 1.54) is 16.9 Å². The van der Waals surface area contributed by atoms with Crippen molar-refractivity contribution in [1.82, 2.24) is 24.9 Å². The van der Waals surface area contributed by atoms with Crippen LogP contribution >= 0.6 is 0 Å². The lowest BCUT2D eigenvalue weighted by molar-refractivity contribution is -0.148. The van der Waals surface area contributed by atoms with Gasteiger partial charge < -0.3 is 24.7 Å². The summed E-state index contributed by atoms with van der Waals surface area (Å²) in [6.07, 6.45) is 6.54. The molecular formula is C38H63N7O9. The number of Topliss-reactive ketones (excluding diaryl/α,β-unsaturated/α-hetero) is 1. The van der Waals surface area contributed by atoms with E-state index in [4.69, 9.17) is 29.9 Å². The molecule has 1 aromatic rings. The third-order valence-corrected chi connectivity index (χ3v) is 8.47. The Balaban J connectivity index is 0.000000281. The molecule has 3 fully saturated rings. The van der Waals surface area contributed by atoms with E-state index in [2.05, 4.69) is 10.2 Å². The maximum atomic E-state index is 12.2. The number of H-pyrrole nitrogens is 1. The summed E-state index contributed by atoms with van der Waals surface area (Å²) in [6.45, 7) is 18.2. The molecule has 0 aromatic carbocycles. The Kier molecular flexibility index (Phi) is 17.1. The summed E-state index contributed by atoms with van der Waals surface area (Å²) >= 11 is 0. The molecular weight excluding hydrogens is 698 g/mol. The number of piperidine rings is 3. The number of nitrogens with one attached hydrogen (secondary N) is 1. The zero-order valence-corrected chi connectivity index (χ0v) is 34.0. The number of ketones is 1. The number of likely N-dealkylation sites (tertiary alicyclic amines) is 3. The van der Waals surface area contributed by atoms with Gasteiger partial charge in [-0.3, -0.25) is 24.6 Å². The number of nitrogens with zero attached hydrogens (tertiary/aromatic N) is 5. The summed E-state index contributed by atoms with van der Waals surface area (Å²) < 4.78 is 20.7. The number of esters is 1. The van der Waals surface area contributed by atoms with E-state index in [1.807, 2.05) is 47.6 Å². The average Bonchev–Trinajstić information content (AvgIpc) is 3.52. The minimum Gasteiger partial charge on any atom is -0.467 e. The van der Waals surface area contributed by atoms with Crippen molar-refractivity contribution in [3.8, 4) is 6.07 Å². The summed E-state index contributed by atoms with van der Waals surface area (Å²) in [7, 11) is 1.34. The van der Waals surface area contributed by atoms with E-state index in [0.29, 0.717) is 38.3 Å². The number of carbonyl (C=O) groups is 5. The molecule has 16 nitrogen and oxygen atoms in total. The Morgan fingerprint density at radius 2 is 1.17 bits per heavy atom. The second-order valence-corrected chi connectivity index (χ2v) is 16.6. The second-order valence-electron chi connectivity index (χ2n) is 16.6. The molecule has 4 heterocycles. The molecule has 16 heteroatoms.